The maximum absolute atomic E-state index is 6.12. The van der Waals surface area contributed by atoms with Crippen LogP contribution in [0.3, 0.4) is 0 Å². The molecule has 0 amide bonds. The largest absolute Gasteiger partial charge is 0.329 e. The lowest BCUT2D eigenvalue weighted by Crippen LogP contribution is -2.46. The fourth-order valence-corrected chi connectivity index (χ4v) is 3.64. The average Bonchev–Trinajstić information content (AvgIpc) is 2.77. The number of nitrogens with two attached hydrogens (primary N) is 1. The zero-order chi connectivity index (χ0) is 14.4. The second kappa shape index (κ2) is 7.80. The van der Waals surface area contributed by atoms with Crippen molar-refractivity contribution >= 4 is 0 Å². The van der Waals surface area contributed by atoms with E-state index in [4.69, 9.17) is 5.73 Å². The molecule has 2 rings (SSSR count). The zero-order valence-electron chi connectivity index (χ0n) is 13.1. The summed E-state index contributed by atoms with van der Waals surface area (Å²) in [6.45, 7) is 3.06. The molecule has 0 aromatic heterocycles. The van der Waals surface area contributed by atoms with E-state index in [1.807, 2.05) is 0 Å². The highest BCUT2D eigenvalue weighted by molar-refractivity contribution is 5.20. The van der Waals surface area contributed by atoms with Crippen molar-refractivity contribution in [2.45, 2.75) is 63.5 Å². The molecule has 2 unspecified atom stereocenters. The molecule has 20 heavy (non-hydrogen) atoms. The van der Waals surface area contributed by atoms with Crippen LogP contribution < -0.4 is 5.73 Å². The van der Waals surface area contributed by atoms with Gasteiger partial charge in [-0.2, -0.15) is 0 Å². The number of nitrogens with zero attached hydrogens (tertiary/aromatic N) is 1. The van der Waals surface area contributed by atoms with Gasteiger partial charge in [-0.1, -0.05) is 62.9 Å². The molecule has 0 saturated heterocycles. The van der Waals surface area contributed by atoms with Crippen LogP contribution in [-0.4, -0.2) is 30.6 Å². The van der Waals surface area contributed by atoms with E-state index >= 15 is 0 Å². The molecule has 112 valence electrons. The van der Waals surface area contributed by atoms with Crippen molar-refractivity contribution in [3.8, 4) is 0 Å². The minimum Gasteiger partial charge on any atom is -0.329 e. The minimum atomic E-state index is 0.445. The van der Waals surface area contributed by atoms with Crippen LogP contribution in [0.5, 0.6) is 0 Å². The summed E-state index contributed by atoms with van der Waals surface area (Å²) in [5, 5.41) is 0. The molecule has 0 aliphatic heterocycles. The van der Waals surface area contributed by atoms with E-state index in [9.17, 15) is 0 Å². The topological polar surface area (TPSA) is 29.3 Å². The van der Waals surface area contributed by atoms with Crippen LogP contribution in [0.2, 0.25) is 0 Å². The van der Waals surface area contributed by atoms with Crippen LogP contribution in [0, 0.1) is 0 Å². The van der Waals surface area contributed by atoms with Gasteiger partial charge in [0.2, 0.25) is 0 Å². The third kappa shape index (κ3) is 3.83. The Kier molecular flexibility index (Phi) is 6.06. The lowest BCUT2D eigenvalue weighted by atomic mass is 9.90. The van der Waals surface area contributed by atoms with Crippen LogP contribution in [0.15, 0.2) is 30.3 Å². The van der Waals surface area contributed by atoms with E-state index in [-0.39, 0.29) is 0 Å². The normalized spacial score (nSPS) is 20.6. The Balaban J connectivity index is 2.06. The highest BCUT2D eigenvalue weighted by Crippen LogP contribution is 2.28. The summed E-state index contributed by atoms with van der Waals surface area (Å²) >= 11 is 0. The van der Waals surface area contributed by atoms with Crippen molar-refractivity contribution in [1.29, 1.82) is 0 Å². The van der Waals surface area contributed by atoms with Crippen molar-refractivity contribution in [3.63, 3.8) is 0 Å². The number of hydrogen-bond acceptors (Lipinski definition) is 2. The molecular formula is C18H30N2. The van der Waals surface area contributed by atoms with Crippen molar-refractivity contribution in [2.75, 3.05) is 13.6 Å². The smallest absolute Gasteiger partial charge is 0.0284 e. The molecule has 2 heteroatoms. The van der Waals surface area contributed by atoms with E-state index < -0.39 is 0 Å². The summed E-state index contributed by atoms with van der Waals surface area (Å²) in [7, 11) is 2.28. The Morgan fingerprint density at radius 1 is 1.10 bits per heavy atom. The molecule has 1 aliphatic carbocycles. The third-order valence-corrected chi connectivity index (χ3v) is 5.07. The number of likely N-dealkylation sites (N-methyl/N-ethyl adjacent to an activating group) is 1. The van der Waals surface area contributed by atoms with Gasteiger partial charge in [-0.05, 0) is 31.4 Å². The fraction of sp³-hybridized carbons (Fsp3) is 0.667. The summed E-state index contributed by atoms with van der Waals surface area (Å²) in [5.74, 6) is 0.495. The lowest BCUT2D eigenvalue weighted by Gasteiger charge is -2.38. The Morgan fingerprint density at radius 3 is 2.25 bits per heavy atom. The highest BCUT2D eigenvalue weighted by Gasteiger charge is 2.27. The summed E-state index contributed by atoms with van der Waals surface area (Å²) in [4.78, 5) is 2.57. The van der Waals surface area contributed by atoms with Gasteiger partial charge in [-0.15, -0.1) is 0 Å². The van der Waals surface area contributed by atoms with E-state index in [2.05, 4.69) is 49.2 Å². The molecule has 1 aromatic rings. The van der Waals surface area contributed by atoms with Gasteiger partial charge in [0.25, 0.3) is 0 Å². The molecule has 1 aromatic carbocycles. The first-order valence-corrected chi connectivity index (χ1v) is 8.21. The van der Waals surface area contributed by atoms with Gasteiger partial charge < -0.3 is 5.73 Å². The van der Waals surface area contributed by atoms with Gasteiger partial charge in [0.05, 0.1) is 0 Å². The summed E-state index contributed by atoms with van der Waals surface area (Å²) in [6, 6.07) is 12.0. The Labute approximate surface area is 124 Å². The van der Waals surface area contributed by atoms with Crippen molar-refractivity contribution in [2.24, 2.45) is 5.73 Å². The van der Waals surface area contributed by atoms with E-state index in [1.54, 1.807) is 0 Å². The number of hydrogen-bond donors (Lipinski definition) is 1. The van der Waals surface area contributed by atoms with E-state index in [0.717, 1.165) is 12.6 Å². The maximum atomic E-state index is 6.12. The quantitative estimate of drug-likeness (QED) is 0.828. The standard InChI is InChI=1S/C18H30N2/c1-15(16-10-6-5-7-11-16)18(14-19)20(2)17-12-8-3-4-9-13-17/h5-7,10-11,15,17-18H,3-4,8-9,12-14,19H2,1-2H3. The van der Waals surface area contributed by atoms with Crippen LogP contribution in [-0.2, 0) is 0 Å². The first-order chi connectivity index (χ1) is 9.74. The molecule has 0 bridgehead atoms. The Bertz CT molecular complexity index is 368. The van der Waals surface area contributed by atoms with Gasteiger partial charge in [0.15, 0.2) is 0 Å². The predicted octanol–water partition coefficient (Wildman–Crippen LogP) is 3.77. The van der Waals surface area contributed by atoms with Crippen molar-refractivity contribution < 1.29 is 0 Å². The molecule has 1 saturated carbocycles. The number of benzene rings is 1. The summed E-state index contributed by atoms with van der Waals surface area (Å²) in [5.41, 5.74) is 7.52. The lowest BCUT2D eigenvalue weighted by molar-refractivity contribution is 0.144. The molecule has 1 fully saturated rings. The third-order valence-electron chi connectivity index (χ3n) is 5.07. The van der Waals surface area contributed by atoms with Gasteiger partial charge in [-0.25, -0.2) is 0 Å². The molecule has 2 nitrogen and oxygen atoms in total. The first kappa shape index (κ1) is 15.5. The van der Waals surface area contributed by atoms with Crippen LogP contribution in [0.4, 0.5) is 0 Å². The van der Waals surface area contributed by atoms with Gasteiger partial charge >= 0.3 is 0 Å². The minimum absolute atomic E-state index is 0.445. The SMILES string of the molecule is CC(c1ccccc1)C(CN)N(C)C1CCCCCC1. The van der Waals surface area contributed by atoms with Crippen molar-refractivity contribution in [3.05, 3.63) is 35.9 Å². The second-order valence-electron chi connectivity index (χ2n) is 6.31. The van der Waals surface area contributed by atoms with Crippen LogP contribution >= 0.6 is 0 Å². The van der Waals surface area contributed by atoms with E-state index in [1.165, 1.54) is 44.1 Å². The Morgan fingerprint density at radius 2 is 1.70 bits per heavy atom. The highest BCUT2D eigenvalue weighted by atomic mass is 15.2. The first-order valence-electron chi connectivity index (χ1n) is 8.21. The molecule has 0 spiro atoms. The number of rotatable bonds is 5. The van der Waals surface area contributed by atoms with Gasteiger partial charge in [0, 0.05) is 18.6 Å². The maximum Gasteiger partial charge on any atom is 0.0284 e. The average molecular weight is 274 g/mol. The Hall–Kier alpha value is -0.860. The molecule has 2 N–H and O–H groups in total. The monoisotopic (exact) mass is 274 g/mol. The molecule has 0 heterocycles. The summed E-state index contributed by atoms with van der Waals surface area (Å²) < 4.78 is 0. The van der Waals surface area contributed by atoms with Gasteiger partial charge in [0.1, 0.15) is 0 Å². The summed E-state index contributed by atoms with van der Waals surface area (Å²) in [6.07, 6.45) is 8.26. The molecule has 0 radical (unpaired) electrons. The second-order valence-corrected chi connectivity index (χ2v) is 6.31. The van der Waals surface area contributed by atoms with Crippen LogP contribution in [0.25, 0.3) is 0 Å². The predicted molar refractivity (Wildman–Crippen MR) is 87.0 cm³/mol. The van der Waals surface area contributed by atoms with Crippen molar-refractivity contribution in [1.82, 2.24) is 4.90 Å². The zero-order valence-corrected chi connectivity index (χ0v) is 13.1. The fourth-order valence-electron chi connectivity index (χ4n) is 3.64. The van der Waals surface area contributed by atoms with Crippen LogP contribution in [0.1, 0.15) is 56.9 Å². The van der Waals surface area contributed by atoms with Gasteiger partial charge in [-0.3, -0.25) is 4.90 Å². The molecular weight excluding hydrogens is 244 g/mol. The van der Waals surface area contributed by atoms with E-state index in [0.29, 0.717) is 12.0 Å². The molecule has 1 aliphatic rings. The molecule has 2 atom stereocenters.